The van der Waals surface area contributed by atoms with Gasteiger partial charge in [-0.3, -0.25) is 29.2 Å². The first-order valence-corrected chi connectivity index (χ1v) is 9.86. The number of hydrogen-bond donors (Lipinski definition) is 0. The van der Waals surface area contributed by atoms with Crippen LogP contribution in [0.3, 0.4) is 0 Å². The van der Waals surface area contributed by atoms with Crippen LogP contribution in [0.25, 0.3) is 0 Å². The summed E-state index contributed by atoms with van der Waals surface area (Å²) < 4.78 is 0. The molecule has 0 aromatic rings. The predicted molar refractivity (Wildman–Crippen MR) is 106 cm³/mol. The van der Waals surface area contributed by atoms with Crippen molar-refractivity contribution in [2.24, 2.45) is 9.98 Å². The van der Waals surface area contributed by atoms with E-state index in [0.717, 1.165) is 9.80 Å². The SMILES string of the molecule is CC1(C)C(=O)N(CCCN=C=O)C(=O)N1CN1C(=O)N(CCCN=C=O)C(=O)C1(C)C. The molecule has 0 aromatic carbocycles. The van der Waals surface area contributed by atoms with Crippen LogP contribution in [-0.4, -0.2) is 99.6 Å². The van der Waals surface area contributed by atoms with Gasteiger partial charge in [0.25, 0.3) is 11.8 Å². The zero-order valence-corrected chi connectivity index (χ0v) is 18.1. The van der Waals surface area contributed by atoms with Crippen LogP contribution in [0.5, 0.6) is 0 Å². The van der Waals surface area contributed by atoms with E-state index in [1.54, 1.807) is 27.7 Å². The van der Waals surface area contributed by atoms with Gasteiger partial charge in [-0.05, 0) is 40.5 Å². The lowest BCUT2D eigenvalue weighted by atomic mass is 10.0. The average molecular weight is 434 g/mol. The Morgan fingerprint density at radius 3 is 1.39 bits per heavy atom. The molecular weight excluding hydrogens is 408 g/mol. The molecule has 0 N–H and O–H groups in total. The summed E-state index contributed by atoms with van der Waals surface area (Å²) >= 11 is 0. The molecule has 168 valence electrons. The van der Waals surface area contributed by atoms with Crippen LogP contribution in [0.4, 0.5) is 9.59 Å². The first-order chi connectivity index (χ1) is 14.5. The van der Waals surface area contributed by atoms with E-state index in [1.165, 1.54) is 22.0 Å². The highest BCUT2D eigenvalue weighted by molar-refractivity contribution is 6.08. The monoisotopic (exact) mass is 434 g/mol. The molecule has 0 aromatic heterocycles. The molecule has 2 rings (SSSR count). The van der Waals surface area contributed by atoms with Crippen molar-refractivity contribution < 1.29 is 28.8 Å². The number of hydrogen-bond acceptors (Lipinski definition) is 8. The summed E-state index contributed by atoms with van der Waals surface area (Å²) in [5, 5.41) is 0. The van der Waals surface area contributed by atoms with Crippen molar-refractivity contribution in [2.75, 3.05) is 32.8 Å². The molecule has 2 aliphatic heterocycles. The minimum absolute atomic E-state index is 0.0718. The van der Waals surface area contributed by atoms with Crippen LogP contribution < -0.4 is 0 Å². The van der Waals surface area contributed by atoms with Gasteiger partial charge in [0.15, 0.2) is 0 Å². The summed E-state index contributed by atoms with van der Waals surface area (Å²) in [4.78, 5) is 83.3. The second-order valence-electron chi connectivity index (χ2n) is 8.25. The molecule has 0 saturated carbocycles. The number of rotatable bonds is 10. The highest BCUT2D eigenvalue weighted by Gasteiger charge is 2.56. The Morgan fingerprint density at radius 2 is 1.06 bits per heavy atom. The maximum atomic E-state index is 12.9. The minimum atomic E-state index is -1.23. The van der Waals surface area contributed by atoms with Crippen LogP contribution in [0.2, 0.25) is 0 Å². The number of carbonyl (C=O) groups excluding carboxylic acids is 6. The fourth-order valence-corrected chi connectivity index (χ4v) is 3.55. The molecule has 31 heavy (non-hydrogen) atoms. The van der Waals surface area contributed by atoms with Gasteiger partial charge in [-0.25, -0.2) is 29.2 Å². The summed E-state index contributed by atoms with van der Waals surface area (Å²) in [7, 11) is 0. The fraction of sp³-hybridized carbons (Fsp3) is 0.684. The van der Waals surface area contributed by atoms with Gasteiger partial charge in [0.2, 0.25) is 12.2 Å². The van der Waals surface area contributed by atoms with Crippen LogP contribution in [0, 0.1) is 0 Å². The Balaban J connectivity index is 2.18. The summed E-state index contributed by atoms with van der Waals surface area (Å²) in [6.45, 7) is 6.45. The normalized spacial score (nSPS) is 19.7. The van der Waals surface area contributed by atoms with E-state index in [4.69, 9.17) is 0 Å². The standard InChI is InChI=1S/C19H26N6O6/c1-18(2)14(28)22(9-5-7-20-11-26)16(30)24(18)13-25-17(31)23(10-6-8-21-12-27)15(29)19(25,3)4/h5-10,13H2,1-4H3. The lowest BCUT2D eigenvalue weighted by molar-refractivity contribution is -0.133. The molecule has 0 bridgehead atoms. The molecule has 0 atom stereocenters. The van der Waals surface area contributed by atoms with Gasteiger partial charge >= 0.3 is 12.1 Å². The predicted octanol–water partition coefficient (Wildman–Crippen LogP) is 0.481. The molecule has 12 heteroatoms. The zero-order valence-electron chi connectivity index (χ0n) is 18.1. The summed E-state index contributed by atoms with van der Waals surface area (Å²) in [6, 6.07) is -1.17. The average Bonchev–Trinajstić information content (AvgIpc) is 2.97. The molecule has 2 heterocycles. The van der Waals surface area contributed by atoms with Gasteiger partial charge in [0.1, 0.15) is 17.7 Å². The maximum absolute atomic E-state index is 12.9. The largest absolute Gasteiger partial charge is 0.329 e. The lowest BCUT2D eigenvalue weighted by Crippen LogP contribution is -2.55. The number of amides is 6. The van der Waals surface area contributed by atoms with Gasteiger partial charge < -0.3 is 0 Å². The number of isocyanates is 2. The first-order valence-electron chi connectivity index (χ1n) is 9.86. The Labute approximate surface area is 179 Å². The third-order valence-corrected chi connectivity index (χ3v) is 5.53. The first kappa shape index (κ1) is 23.9. The van der Waals surface area contributed by atoms with Gasteiger partial charge in [0, 0.05) is 13.1 Å². The molecular formula is C19H26N6O6. The van der Waals surface area contributed by atoms with E-state index in [2.05, 4.69) is 9.98 Å². The van der Waals surface area contributed by atoms with Crippen molar-refractivity contribution >= 4 is 36.0 Å². The van der Waals surface area contributed by atoms with Gasteiger partial charge in [-0.2, -0.15) is 0 Å². The topological polar surface area (TPSA) is 140 Å². The molecule has 0 unspecified atom stereocenters. The number of carbonyl (C=O) groups is 4. The van der Waals surface area contributed by atoms with Crippen molar-refractivity contribution in [1.29, 1.82) is 0 Å². The molecule has 0 radical (unpaired) electrons. The summed E-state index contributed by atoms with van der Waals surface area (Å²) in [5.74, 6) is -0.876. The van der Waals surface area contributed by atoms with Crippen molar-refractivity contribution in [1.82, 2.24) is 19.6 Å². The Morgan fingerprint density at radius 1 is 0.710 bits per heavy atom. The summed E-state index contributed by atoms with van der Waals surface area (Å²) in [6.07, 6.45) is 3.42. The van der Waals surface area contributed by atoms with Crippen molar-refractivity contribution in [2.45, 2.75) is 51.6 Å². The maximum Gasteiger partial charge on any atom is 0.329 e. The van der Waals surface area contributed by atoms with Gasteiger partial charge in [-0.15, -0.1) is 0 Å². The van der Waals surface area contributed by atoms with Crippen molar-refractivity contribution in [3.63, 3.8) is 0 Å². The molecule has 2 saturated heterocycles. The molecule has 2 fully saturated rings. The van der Waals surface area contributed by atoms with Crippen LogP contribution in [0.15, 0.2) is 9.98 Å². The zero-order chi connectivity index (χ0) is 23.4. The highest BCUT2D eigenvalue weighted by atomic mass is 16.2. The number of urea groups is 2. The van der Waals surface area contributed by atoms with Gasteiger partial charge in [-0.1, -0.05) is 0 Å². The molecule has 0 spiro atoms. The van der Waals surface area contributed by atoms with E-state index in [9.17, 15) is 28.8 Å². The highest BCUT2D eigenvalue weighted by Crippen LogP contribution is 2.33. The molecule has 12 nitrogen and oxygen atoms in total. The van der Waals surface area contributed by atoms with Crippen LogP contribution in [-0.2, 0) is 19.2 Å². The molecule has 6 amide bonds. The Kier molecular flexibility index (Phi) is 7.09. The number of imide groups is 2. The Hall–Kier alpha value is -3.36. The quantitative estimate of drug-likeness (QED) is 0.212. The third-order valence-electron chi connectivity index (χ3n) is 5.53. The smallest absolute Gasteiger partial charge is 0.292 e. The van der Waals surface area contributed by atoms with E-state index in [1.807, 2.05) is 0 Å². The second-order valence-corrected chi connectivity index (χ2v) is 8.25. The van der Waals surface area contributed by atoms with Crippen molar-refractivity contribution in [3.05, 3.63) is 0 Å². The number of aliphatic imine (C=N–C) groups is 2. The fourth-order valence-electron chi connectivity index (χ4n) is 3.55. The molecule has 2 aliphatic rings. The third kappa shape index (κ3) is 4.40. The summed E-state index contributed by atoms with van der Waals surface area (Å²) in [5.41, 5.74) is -2.45. The van der Waals surface area contributed by atoms with E-state index in [-0.39, 0.29) is 32.8 Å². The minimum Gasteiger partial charge on any atom is -0.292 e. The second kappa shape index (κ2) is 9.20. The van der Waals surface area contributed by atoms with Crippen molar-refractivity contribution in [3.8, 4) is 0 Å². The number of nitrogens with zero attached hydrogens (tertiary/aromatic N) is 6. The Bertz CT molecular complexity index is 801. The van der Waals surface area contributed by atoms with E-state index >= 15 is 0 Å². The van der Waals surface area contributed by atoms with Crippen LogP contribution >= 0.6 is 0 Å². The van der Waals surface area contributed by atoms with E-state index in [0.29, 0.717) is 12.8 Å². The lowest BCUT2D eigenvalue weighted by Gasteiger charge is -2.36. The van der Waals surface area contributed by atoms with Crippen LogP contribution in [0.1, 0.15) is 40.5 Å². The van der Waals surface area contributed by atoms with E-state index < -0.39 is 35.0 Å². The molecule has 0 aliphatic carbocycles. The van der Waals surface area contributed by atoms with Gasteiger partial charge in [0.05, 0.1) is 13.1 Å².